The predicted molar refractivity (Wildman–Crippen MR) is 104 cm³/mol. The number of nitrogens with one attached hydrogen (secondary N) is 1. The fourth-order valence-corrected chi connectivity index (χ4v) is 2.46. The van der Waals surface area contributed by atoms with Crippen LogP contribution in [0.1, 0.15) is 13.8 Å². The second kappa shape index (κ2) is 9.48. The molecule has 0 aliphatic rings. The molecule has 8 heteroatoms. The number of amides is 1. The van der Waals surface area contributed by atoms with E-state index in [0.717, 1.165) is 0 Å². The predicted octanol–water partition coefficient (Wildman–Crippen LogP) is 4.34. The summed E-state index contributed by atoms with van der Waals surface area (Å²) >= 11 is 11.8. The average molecular weight is 412 g/mol. The van der Waals surface area contributed by atoms with Crippen LogP contribution in [-0.4, -0.2) is 31.2 Å². The number of ether oxygens (including phenoxy) is 3. The molecule has 6 nitrogen and oxygen atoms in total. The Morgan fingerprint density at radius 2 is 1.67 bits per heavy atom. The summed E-state index contributed by atoms with van der Waals surface area (Å²) < 4.78 is 15.7. The molecule has 27 heavy (non-hydrogen) atoms. The highest BCUT2D eigenvalue weighted by atomic mass is 35.5. The normalized spacial score (nSPS) is 12.6. The first-order valence-corrected chi connectivity index (χ1v) is 8.83. The molecule has 0 spiro atoms. The van der Waals surface area contributed by atoms with Gasteiger partial charge in [0.1, 0.15) is 11.5 Å². The first-order valence-electron chi connectivity index (χ1n) is 8.07. The molecule has 0 unspecified atom stereocenters. The number of hydrogen-bond acceptors (Lipinski definition) is 5. The highest BCUT2D eigenvalue weighted by molar-refractivity contribution is 6.32. The summed E-state index contributed by atoms with van der Waals surface area (Å²) in [7, 11) is 1.49. The molecular weight excluding hydrogens is 393 g/mol. The van der Waals surface area contributed by atoms with Crippen LogP contribution in [0.3, 0.4) is 0 Å². The van der Waals surface area contributed by atoms with Gasteiger partial charge in [0, 0.05) is 10.7 Å². The summed E-state index contributed by atoms with van der Waals surface area (Å²) in [5.41, 5.74) is 0.458. The van der Waals surface area contributed by atoms with Crippen molar-refractivity contribution < 1.29 is 23.8 Å². The molecule has 0 aromatic heterocycles. The van der Waals surface area contributed by atoms with Gasteiger partial charge in [0.25, 0.3) is 5.91 Å². The number of anilines is 1. The molecule has 0 aliphatic carbocycles. The van der Waals surface area contributed by atoms with Crippen molar-refractivity contribution in [3.8, 4) is 11.5 Å². The lowest BCUT2D eigenvalue weighted by Crippen LogP contribution is -2.35. The van der Waals surface area contributed by atoms with Crippen LogP contribution in [0.15, 0.2) is 42.5 Å². The number of methoxy groups -OCH3 is 1. The lowest BCUT2D eigenvalue weighted by atomic mass is 10.2. The van der Waals surface area contributed by atoms with Crippen LogP contribution in [0.2, 0.25) is 10.0 Å². The van der Waals surface area contributed by atoms with Crippen molar-refractivity contribution in [3.63, 3.8) is 0 Å². The fourth-order valence-electron chi connectivity index (χ4n) is 2.08. The molecule has 0 saturated carbocycles. The lowest BCUT2D eigenvalue weighted by Gasteiger charge is -2.18. The van der Waals surface area contributed by atoms with Gasteiger partial charge in [-0.15, -0.1) is 0 Å². The van der Waals surface area contributed by atoms with Crippen molar-refractivity contribution in [2.24, 2.45) is 0 Å². The molecule has 0 bridgehead atoms. The standard InChI is InChI=1S/C19H19Cl2NO5/c1-11(18(23)22-14-6-9-17(25-3)16(21)10-14)27-19(24)12(2)26-15-7-4-13(20)5-8-15/h4-12H,1-3H3,(H,22,23)/t11-,12-/m0/s1. The number of rotatable bonds is 7. The third kappa shape index (κ3) is 6.05. The number of hydrogen-bond donors (Lipinski definition) is 1. The van der Waals surface area contributed by atoms with E-state index in [9.17, 15) is 9.59 Å². The van der Waals surface area contributed by atoms with Crippen molar-refractivity contribution in [2.45, 2.75) is 26.1 Å². The lowest BCUT2D eigenvalue weighted by molar-refractivity contribution is -0.159. The molecule has 2 aromatic carbocycles. The van der Waals surface area contributed by atoms with Gasteiger partial charge < -0.3 is 19.5 Å². The summed E-state index contributed by atoms with van der Waals surface area (Å²) in [6, 6.07) is 11.3. The highest BCUT2D eigenvalue weighted by Crippen LogP contribution is 2.27. The van der Waals surface area contributed by atoms with Gasteiger partial charge in [-0.3, -0.25) is 4.79 Å². The summed E-state index contributed by atoms with van der Waals surface area (Å²) in [6.45, 7) is 3.00. The maximum atomic E-state index is 12.2. The molecule has 0 saturated heterocycles. The smallest absolute Gasteiger partial charge is 0.347 e. The number of carbonyl (C=O) groups excluding carboxylic acids is 2. The molecule has 0 aliphatic heterocycles. The van der Waals surface area contributed by atoms with E-state index in [0.29, 0.717) is 27.2 Å². The third-order valence-corrected chi connectivity index (χ3v) is 4.09. The maximum Gasteiger partial charge on any atom is 0.347 e. The van der Waals surface area contributed by atoms with E-state index in [-0.39, 0.29) is 0 Å². The molecule has 0 heterocycles. The molecule has 2 aromatic rings. The number of halogens is 2. The van der Waals surface area contributed by atoms with E-state index in [4.69, 9.17) is 37.4 Å². The molecule has 144 valence electrons. The van der Waals surface area contributed by atoms with Gasteiger partial charge in [0.05, 0.1) is 12.1 Å². The zero-order chi connectivity index (χ0) is 20.0. The summed E-state index contributed by atoms with van der Waals surface area (Å²) in [4.78, 5) is 24.3. The Kier molecular flexibility index (Phi) is 7.33. The zero-order valence-electron chi connectivity index (χ0n) is 15.0. The Balaban J connectivity index is 1.89. The molecule has 2 atom stereocenters. The third-order valence-electron chi connectivity index (χ3n) is 3.54. The fraction of sp³-hybridized carbons (Fsp3) is 0.263. The van der Waals surface area contributed by atoms with Crippen LogP contribution in [-0.2, 0) is 14.3 Å². The van der Waals surface area contributed by atoms with Crippen LogP contribution in [0, 0.1) is 0 Å². The Hall–Kier alpha value is -2.44. The van der Waals surface area contributed by atoms with Crippen LogP contribution >= 0.6 is 23.2 Å². The summed E-state index contributed by atoms with van der Waals surface area (Å²) in [5.74, 6) is -0.209. The Labute approximate surface area is 167 Å². The van der Waals surface area contributed by atoms with Gasteiger partial charge in [0.2, 0.25) is 0 Å². The van der Waals surface area contributed by atoms with Gasteiger partial charge in [-0.05, 0) is 56.3 Å². The molecule has 0 fully saturated rings. The van der Waals surface area contributed by atoms with E-state index in [1.165, 1.54) is 21.0 Å². The van der Waals surface area contributed by atoms with Crippen molar-refractivity contribution in [3.05, 3.63) is 52.5 Å². The Morgan fingerprint density at radius 1 is 1.00 bits per heavy atom. The second-order valence-electron chi connectivity index (χ2n) is 5.63. The molecular formula is C19H19Cl2NO5. The van der Waals surface area contributed by atoms with E-state index < -0.39 is 24.1 Å². The second-order valence-corrected chi connectivity index (χ2v) is 6.48. The average Bonchev–Trinajstić information content (AvgIpc) is 2.63. The first-order chi connectivity index (χ1) is 12.8. The Bertz CT molecular complexity index is 810. The SMILES string of the molecule is COc1ccc(NC(=O)[C@H](C)OC(=O)[C@H](C)Oc2ccc(Cl)cc2)cc1Cl. The quantitative estimate of drug-likeness (QED) is 0.685. The monoisotopic (exact) mass is 411 g/mol. The number of benzene rings is 2. The number of carbonyl (C=O) groups is 2. The van der Waals surface area contributed by atoms with E-state index >= 15 is 0 Å². The topological polar surface area (TPSA) is 73.9 Å². The highest BCUT2D eigenvalue weighted by Gasteiger charge is 2.23. The van der Waals surface area contributed by atoms with Crippen molar-refractivity contribution >= 4 is 40.8 Å². The van der Waals surface area contributed by atoms with E-state index in [2.05, 4.69) is 5.32 Å². The zero-order valence-corrected chi connectivity index (χ0v) is 16.5. The van der Waals surface area contributed by atoms with Gasteiger partial charge in [-0.1, -0.05) is 23.2 Å². The van der Waals surface area contributed by atoms with Gasteiger partial charge >= 0.3 is 5.97 Å². The van der Waals surface area contributed by atoms with E-state index in [1.807, 2.05) is 0 Å². The molecule has 0 radical (unpaired) electrons. The van der Waals surface area contributed by atoms with Crippen molar-refractivity contribution in [2.75, 3.05) is 12.4 Å². The summed E-state index contributed by atoms with van der Waals surface area (Å²) in [5, 5.41) is 3.53. The minimum Gasteiger partial charge on any atom is -0.495 e. The van der Waals surface area contributed by atoms with Crippen molar-refractivity contribution in [1.29, 1.82) is 0 Å². The van der Waals surface area contributed by atoms with Gasteiger partial charge in [-0.2, -0.15) is 0 Å². The largest absolute Gasteiger partial charge is 0.495 e. The summed E-state index contributed by atoms with van der Waals surface area (Å²) in [6.07, 6.45) is -1.91. The van der Waals surface area contributed by atoms with Crippen LogP contribution in [0.4, 0.5) is 5.69 Å². The Morgan fingerprint density at radius 3 is 2.26 bits per heavy atom. The van der Waals surface area contributed by atoms with Gasteiger partial charge in [0.15, 0.2) is 12.2 Å². The maximum absolute atomic E-state index is 12.2. The van der Waals surface area contributed by atoms with E-state index in [1.54, 1.807) is 42.5 Å². The minimum atomic E-state index is -1.02. The van der Waals surface area contributed by atoms with Crippen LogP contribution < -0.4 is 14.8 Å². The molecule has 1 N–H and O–H groups in total. The molecule has 2 rings (SSSR count). The minimum absolute atomic E-state index is 0.352. The molecule has 1 amide bonds. The number of esters is 1. The van der Waals surface area contributed by atoms with Crippen LogP contribution in [0.25, 0.3) is 0 Å². The van der Waals surface area contributed by atoms with Crippen molar-refractivity contribution in [1.82, 2.24) is 0 Å². The van der Waals surface area contributed by atoms with Gasteiger partial charge in [-0.25, -0.2) is 4.79 Å². The first kappa shape index (κ1) is 20.9. The van der Waals surface area contributed by atoms with Crippen LogP contribution in [0.5, 0.6) is 11.5 Å².